The molecule has 2 heteroatoms. The predicted molar refractivity (Wildman–Crippen MR) is 82.7 cm³/mol. The molecule has 0 radical (unpaired) electrons. The Morgan fingerprint density at radius 3 is 2.62 bits per heavy atom. The Bertz CT molecular complexity index is 458. The van der Waals surface area contributed by atoms with Gasteiger partial charge in [0.2, 0.25) is 0 Å². The van der Waals surface area contributed by atoms with Gasteiger partial charge in [-0.25, -0.2) is 0 Å². The summed E-state index contributed by atoms with van der Waals surface area (Å²) >= 11 is 0. The number of fused-ring (bicyclic) bond motifs is 5. The number of carbonyl (C=O) groups is 1. The van der Waals surface area contributed by atoms with Crippen molar-refractivity contribution in [3.05, 3.63) is 0 Å². The molecule has 4 saturated carbocycles. The molecule has 4 fully saturated rings. The second kappa shape index (κ2) is 4.57. The van der Waals surface area contributed by atoms with Gasteiger partial charge in [-0.2, -0.15) is 0 Å². The van der Waals surface area contributed by atoms with Gasteiger partial charge in [-0.05, 0) is 80.5 Å². The second-order valence-corrected chi connectivity index (χ2v) is 9.00. The van der Waals surface area contributed by atoms with Crippen LogP contribution in [0.5, 0.6) is 0 Å². The third kappa shape index (κ3) is 1.84. The summed E-state index contributed by atoms with van der Waals surface area (Å²) in [5.74, 6) is 3.54. The molecule has 0 bridgehead atoms. The lowest BCUT2D eigenvalue weighted by Gasteiger charge is -2.60. The van der Waals surface area contributed by atoms with Crippen molar-refractivity contribution in [2.45, 2.75) is 77.7 Å². The summed E-state index contributed by atoms with van der Waals surface area (Å²) in [6.45, 7) is 4.78. The smallest absolute Gasteiger partial charge is 0.139 e. The first-order valence-corrected chi connectivity index (χ1v) is 9.16. The largest absolute Gasteiger partial charge is 0.393 e. The minimum atomic E-state index is -0.0541. The summed E-state index contributed by atoms with van der Waals surface area (Å²) in [5, 5.41) is 10.0. The Balaban J connectivity index is 1.64. The first-order chi connectivity index (χ1) is 9.95. The van der Waals surface area contributed by atoms with Crippen molar-refractivity contribution in [2.75, 3.05) is 0 Å². The summed E-state index contributed by atoms with van der Waals surface area (Å²) in [4.78, 5) is 12.4. The van der Waals surface area contributed by atoms with Gasteiger partial charge in [0.1, 0.15) is 5.78 Å². The average molecular weight is 290 g/mol. The van der Waals surface area contributed by atoms with E-state index < -0.39 is 0 Å². The molecule has 0 amide bonds. The van der Waals surface area contributed by atoms with E-state index in [0.717, 1.165) is 49.9 Å². The SMILES string of the molecule is C[C@]12CC[C@@H](O)C[C@@H]1CC[C@@H]1[C@H]2CC[C@]2(C)C(=O)CC[C@H]12. The average Bonchev–Trinajstić information content (AvgIpc) is 2.76. The molecule has 4 aliphatic carbocycles. The van der Waals surface area contributed by atoms with Gasteiger partial charge in [0.25, 0.3) is 0 Å². The van der Waals surface area contributed by atoms with Gasteiger partial charge < -0.3 is 5.11 Å². The van der Waals surface area contributed by atoms with Crippen LogP contribution in [0, 0.1) is 34.5 Å². The summed E-state index contributed by atoms with van der Waals surface area (Å²) < 4.78 is 0. The molecular formula is C19H30O2. The highest BCUT2D eigenvalue weighted by atomic mass is 16.3. The summed E-state index contributed by atoms with van der Waals surface area (Å²) in [7, 11) is 0. The Labute approximate surface area is 128 Å². The van der Waals surface area contributed by atoms with E-state index in [2.05, 4.69) is 13.8 Å². The van der Waals surface area contributed by atoms with Crippen LogP contribution >= 0.6 is 0 Å². The normalized spacial score (nSPS) is 56.5. The number of Topliss-reactive ketones (excluding diaryl/α,β-unsaturated/α-hetero) is 1. The molecule has 0 aliphatic heterocycles. The van der Waals surface area contributed by atoms with Crippen molar-refractivity contribution in [1.82, 2.24) is 0 Å². The molecule has 1 N–H and O–H groups in total. The highest BCUT2D eigenvalue weighted by Crippen LogP contribution is 2.65. The van der Waals surface area contributed by atoms with Gasteiger partial charge in [-0.3, -0.25) is 4.79 Å². The number of rotatable bonds is 0. The van der Waals surface area contributed by atoms with Gasteiger partial charge >= 0.3 is 0 Å². The third-order valence-electron chi connectivity index (χ3n) is 8.35. The molecule has 0 heterocycles. The molecule has 0 saturated heterocycles. The van der Waals surface area contributed by atoms with Crippen LogP contribution in [0.25, 0.3) is 0 Å². The molecule has 0 aromatic carbocycles. The Hall–Kier alpha value is -0.370. The number of hydrogen-bond donors (Lipinski definition) is 1. The van der Waals surface area contributed by atoms with E-state index in [1.807, 2.05) is 0 Å². The number of ketones is 1. The van der Waals surface area contributed by atoms with Crippen molar-refractivity contribution < 1.29 is 9.90 Å². The van der Waals surface area contributed by atoms with Crippen molar-refractivity contribution in [3.63, 3.8) is 0 Å². The van der Waals surface area contributed by atoms with Crippen LogP contribution in [0.4, 0.5) is 0 Å². The minimum absolute atomic E-state index is 0.0124. The Morgan fingerprint density at radius 2 is 1.81 bits per heavy atom. The van der Waals surface area contributed by atoms with E-state index in [1.54, 1.807) is 0 Å². The molecular weight excluding hydrogens is 260 g/mol. The molecule has 118 valence electrons. The lowest BCUT2D eigenvalue weighted by molar-refractivity contribution is -0.142. The molecule has 0 spiro atoms. The van der Waals surface area contributed by atoms with Gasteiger partial charge in [-0.1, -0.05) is 13.8 Å². The summed E-state index contributed by atoms with van der Waals surface area (Å²) in [6.07, 6.45) is 10.1. The molecule has 21 heavy (non-hydrogen) atoms. The van der Waals surface area contributed by atoms with Crippen molar-refractivity contribution in [2.24, 2.45) is 34.5 Å². The fourth-order valence-corrected chi connectivity index (χ4v) is 7.01. The predicted octanol–water partition coefficient (Wildman–Crippen LogP) is 3.96. The molecule has 4 aliphatic rings. The fourth-order valence-electron chi connectivity index (χ4n) is 7.01. The van der Waals surface area contributed by atoms with E-state index in [1.165, 1.54) is 25.7 Å². The number of aliphatic hydroxyl groups excluding tert-OH is 1. The van der Waals surface area contributed by atoms with Crippen molar-refractivity contribution in [1.29, 1.82) is 0 Å². The third-order valence-corrected chi connectivity index (χ3v) is 8.35. The van der Waals surface area contributed by atoms with E-state index in [0.29, 0.717) is 17.1 Å². The molecule has 0 aromatic rings. The standard InChI is InChI=1S/C19H30O2/c1-18-9-7-13(20)11-12(18)3-4-14-15-5-6-17(21)19(15,2)10-8-16(14)18/h12-16,20H,3-11H2,1-2H3/t12-,13+,14-,15+,16+,18-,19-/m0/s1. The lowest BCUT2D eigenvalue weighted by Crippen LogP contribution is -2.54. The van der Waals surface area contributed by atoms with Crippen LogP contribution in [0.15, 0.2) is 0 Å². The topological polar surface area (TPSA) is 37.3 Å². The van der Waals surface area contributed by atoms with Gasteiger partial charge in [0, 0.05) is 11.8 Å². The lowest BCUT2D eigenvalue weighted by atomic mass is 9.45. The second-order valence-electron chi connectivity index (χ2n) is 9.00. The van der Waals surface area contributed by atoms with Gasteiger partial charge in [0.05, 0.1) is 6.10 Å². The highest BCUT2D eigenvalue weighted by molar-refractivity contribution is 5.87. The molecule has 2 nitrogen and oxygen atoms in total. The first-order valence-electron chi connectivity index (χ1n) is 9.16. The molecule has 0 unspecified atom stereocenters. The maximum Gasteiger partial charge on any atom is 0.139 e. The number of carbonyl (C=O) groups excluding carboxylic acids is 1. The number of aliphatic hydroxyl groups is 1. The minimum Gasteiger partial charge on any atom is -0.393 e. The zero-order chi connectivity index (χ0) is 14.8. The van der Waals surface area contributed by atoms with E-state index in [-0.39, 0.29) is 11.5 Å². The molecule has 7 atom stereocenters. The Kier molecular flexibility index (Phi) is 3.10. The van der Waals surface area contributed by atoms with Crippen LogP contribution in [0.1, 0.15) is 71.6 Å². The fraction of sp³-hybridized carbons (Fsp3) is 0.947. The summed E-state index contributed by atoms with van der Waals surface area (Å²) in [6, 6.07) is 0. The maximum absolute atomic E-state index is 12.4. The van der Waals surface area contributed by atoms with Gasteiger partial charge in [0.15, 0.2) is 0 Å². The van der Waals surface area contributed by atoms with Gasteiger partial charge in [-0.15, -0.1) is 0 Å². The van der Waals surface area contributed by atoms with E-state index in [9.17, 15) is 9.90 Å². The maximum atomic E-state index is 12.4. The van der Waals surface area contributed by atoms with Crippen molar-refractivity contribution >= 4 is 5.78 Å². The number of hydrogen-bond acceptors (Lipinski definition) is 2. The monoisotopic (exact) mass is 290 g/mol. The summed E-state index contributed by atoms with van der Waals surface area (Å²) in [5.41, 5.74) is 0.452. The zero-order valence-electron chi connectivity index (χ0n) is 13.6. The van der Waals surface area contributed by atoms with Crippen LogP contribution in [-0.4, -0.2) is 17.0 Å². The van der Waals surface area contributed by atoms with Crippen LogP contribution in [0.3, 0.4) is 0 Å². The van der Waals surface area contributed by atoms with Crippen molar-refractivity contribution in [3.8, 4) is 0 Å². The van der Waals surface area contributed by atoms with E-state index in [4.69, 9.17) is 0 Å². The Morgan fingerprint density at radius 1 is 1.00 bits per heavy atom. The molecule has 0 aromatic heterocycles. The quantitative estimate of drug-likeness (QED) is 0.733. The first kappa shape index (κ1) is 14.2. The molecule has 4 rings (SSSR count). The van der Waals surface area contributed by atoms with Crippen LogP contribution < -0.4 is 0 Å². The van der Waals surface area contributed by atoms with Crippen LogP contribution in [-0.2, 0) is 4.79 Å². The van der Waals surface area contributed by atoms with E-state index >= 15 is 0 Å². The van der Waals surface area contributed by atoms with Crippen LogP contribution in [0.2, 0.25) is 0 Å². The zero-order valence-corrected chi connectivity index (χ0v) is 13.6. The highest BCUT2D eigenvalue weighted by Gasteiger charge is 2.60.